The minimum atomic E-state index is 0.181. The number of aromatic nitrogens is 2. The van der Waals surface area contributed by atoms with E-state index in [1.165, 1.54) is 0 Å². The van der Waals surface area contributed by atoms with Gasteiger partial charge in [0.1, 0.15) is 0 Å². The second-order valence-corrected chi connectivity index (χ2v) is 5.89. The Morgan fingerprint density at radius 2 is 2.00 bits per heavy atom. The highest BCUT2D eigenvalue weighted by Crippen LogP contribution is 2.21. The molecule has 1 atom stereocenters. The van der Waals surface area contributed by atoms with Crippen LogP contribution in [0.15, 0.2) is 12.3 Å². The van der Waals surface area contributed by atoms with Crippen molar-refractivity contribution < 1.29 is 0 Å². The van der Waals surface area contributed by atoms with Gasteiger partial charge in [0.25, 0.3) is 0 Å². The smallest absolute Gasteiger partial charge is 0.0625 e. The fourth-order valence-corrected chi connectivity index (χ4v) is 1.53. The molecule has 0 bridgehead atoms. The van der Waals surface area contributed by atoms with E-state index in [2.05, 4.69) is 45.8 Å². The van der Waals surface area contributed by atoms with E-state index in [0.717, 1.165) is 18.5 Å². The van der Waals surface area contributed by atoms with Crippen molar-refractivity contribution in [2.75, 3.05) is 0 Å². The molecule has 1 aromatic rings. The van der Waals surface area contributed by atoms with Crippen molar-refractivity contribution >= 4 is 0 Å². The average molecular weight is 223 g/mol. The second kappa shape index (κ2) is 5.00. The van der Waals surface area contributed by atoms with Crippen LogP contribution < -0.4 is 5.73 Å². The summed E-state index contributed by atoms with van der Waals surface area (Å²) in [5, 5.41) is 4.52. The van der Waals surface area contributed by atoms with Crippen LogP contribution in [0.25, 0.3) is 0 Å². The first-order valence-corrected chi connectivity index (χ1v) is 6.10. The zero-order chi connectivity index (χ0) is 12.3. The van der Waals surface area contributed by atoms with Gasteiger partial charge in [-0.1, -0.05) is 20.8 Å². The van der Waals surface area contributed by atoms with Crippen molar-refractivity contribution in [2.24, 2.45) is 11.1 Å². The molecule has 0 saturated heterocycles. The molecule has 3 nitrogen and oxygen atoms in total. The highest BCUT2D eigenvalue weighted by atomic mass is 15.3. The molecule has 1 rings (SSSR count). The highest BCUT2D eigenvalue weighted by molar-refractivity contribution is 5.00. The molecular weight excluding hydrogens is 198 g/mol. The Labute approximate surface area is 99.0 Å². The van der Waals surface area contributed by atoms with Gasteiger partial charge in [-0.15, -0.1) is 0 Å². The lowest BCUT2D eigenvalue weighted by Gasteiger charge is -2.26. The van der Waals surface area contributed by atoms with E-state index in [-0.39, 0.29) is 11.5 Å². The quantitative estimate of drug-likeness (QED) is 0.853. The molecule has 0 spiro atoms. The zero-order valence-corrected chi connectivity index (χ0v) is 11.2. The van der Waals surface area contributed by atoms with Crippen LogP contribution in [-0.2, 0) is 6.42 Å². The molecule has 0 fully saturated rings. The van der Waals surface area contributed by atoms with Crippen LogP contribution in [0.2, 0.25) is 0 Å². The third-order valence-corrected chi connectivity index (χ3v) is 3.02. The summed E-state index contributed by atoms with van der Waals surface area (Å²) in [6, 6.07) is 2.76. The van der Waals surface area contributed by atoms with Crippen LogP contribution in [0.3, 0.4) is 0 Å². The van der Waals surface area contributed by atoms with Crippen LogP contribution >= 0.6 is 0 Å². The number of hydrogen-bond donors (Lipinski definition) is 1. The van der Waals surface area contributed by atoms with Gasteiger partial charge in [0.2, 0.25) is 0 Å². The third-order valence-electron chi connectivity index (χ3n) is 3.02. The lowest BCUT2D eigenvalue weighted by molar-refractivity contribution is 0.305. The zero-order valence-electron chi connectivity index (χ0n) is 11.2. The maximum atomic E-state index is 6.13. The molecule has 3 heteroatoms. The summed E-state index contributed by atoms with van der Waals surface area (Å²) in [4.78, 5) is 0. The summed E-state index contributed by atoms with van der Waals surface area (Å²) in [7, 11) is 0. The van der Waals surface area contributed by atoms with Crippen molar-refractivity contribution in [3.8, 4) is 0 Å². The van der Waals surface area contributed by atoms with Gasteiger partial charge in [-0.05, 0) is 38.2 Å². The Kier molecular flexibility index (Phi) is 4.14. The Morgan fingerprint density at radius 3 is 2.44 bits per heavy atom. The number of hydrogen-bond acceptors (Lipinski definition) is 2. The minimum Gasteiger partial charge on any atom is -0.327 e. The molecule has 2 N–H and O–H groups in total. The number of nitrogens with two attached hydrogens (primary N) is 1. The first kappa shape index (κ1) is 13.2. The summed E-state index contributed by atoms with van der Waals surface area (Å²) in [5.41, 5.74) is 7.46. The van der Waals surface area contributed by atoms with E-state index in [4.69, 9.17) is 5.73 Å². The largest absolute Gasteiger partial charge is 0.327 e. The van der Waals surface area contributed by atoms with E-state index in [9.17, 15) is 0 Å². The molecule has 92 valence electrons. The summed E-state index contributed by atoms with van der Waals surface area (Å²) < 4.78 is 2.00. The Bertz CT molecular complexity index is 320. The topological polar surface area (TPSA) is 43.8 Å². The maximum Gasteiger partial charge on any atom is 0.0625 e. The van der Waals surface area contributed by atoms with Gasteiger partial charge in [0, 0.05) is 18.3 Å². The number of rotatable bonds is 4. The number of aryl methyl sites for hydroxylation is 1. The fourth-order valence-electron chi connectivity index (χ4n) is 1.53. The van der Waals surface area contributed by atoms with Crippen LogP contribution in [0.5, 0.6) is 0 Å². The molecule has 0 amide bonds. The average Bonchev–Trinajstić information content (AvgIpc) is 2.60. The molecule has 16 heavy (non-hydrogen) atoms. The molecule has 1 aromatic heterocycles. The normalized spacial score (nSPS) is 14.4. The Hall–Kier alpha value is -0.830. The summed E-state index contributed by atoms with van der Waals surface area (Å²) >= 11 is 0. The molecule has 0 aliphatic heterocycles. The van der Waals surface area contributed by atoms with Crippen molar-refractivity contribution in [2.45, 2.75) is 59.5 Å². The van der Waals surface area contributed by atoms with Crippen molar-refractivity contribution in [1.82, 2.24) is 9.78 Å². The summed E-state index contributed by atoms with van der Waals surface area (Å²) in [6.07, 6.45) is 4.01. The van der Waals surface area contributed by atoms with E-state index in [0.29, 0.717) is 6.04 Å². The molecule has 0 saturated carbocycles. The Balaban J connectivity index is 2.49. The van der Waals surface area contributed by atoms with Gasteiger partial charge in [0.05, 0.1) is 5.69 Å². The van der Waals surface area contributed by atoms with Gasteiger partial charge in [-0.2, -0.15) is 5.10 Å². The summed E-state index contributed by atoms with van der Waals surface area (Å²) in [5.74, 6) is 0. The van der Waals surface area contributed by atoms with E-state index in [1.807, 2.05) is 10.9 Å². The standard InChI is InChI=1S/C13H25N3/c1-10(2)16-9-8-11(15-16)6-7-12(14)13(3,4)5/h8-10,12H,6-7,14H2,1-5H3. The van der Waals surface area contributed by atoms with Crippen LogP contribution in [0.1, 0.15) is 52.8 Å². The van der Waals surface area contributed by atoms with E-state index in [1.54, 1.807) is 0 Å². The minimum absolute atomic E-state index is 0.181. The van der Waals surface area contributed by atoms with Crippen LogP contribution in [0.4, 0.5) is 0 Å². The molecule has 0 radical (unpaired) electrons. The molecule has 0 aromatic carbocycles. The lowest BCUT2D eigenvalue weighted by atomic mass is 9.84. The summed E-state index contributed by atoms with van der Waals surface area (Å²) in [6.45, 7) is 10.8. The van der Waals surface area contributed by atoms with E-state index >= 15 is 0 Å². The SMILES string of the molecule is CC(C)n1ccc(CCC(N)C(C)(C)C)n1. The third kappa shape index (κ3) is 3.63. The highest BCUT2D eigenvalue weighted by Gasteiger charge is 2.20. The molecule has 0 aliphatic rings. The first-order valence-electron chi connectivity index (χ1n) is 6.10. The van der Waals surface area contributed by atoms with Crippen molar-refractivity contribution in [3.05, 3.63) is 18.0 Å². The lowest BCUT2D eigenvalue weighted by Crippen LogP contribution is -2.35. The second-order valence-electron chi connectivity index (χ2n) is 5.89. The maximum absolute atomic E-state index is 6.13. The van der Waals surface area contributed by atoms with Gasteiger partial charge >= 0.3 is 0 Å². The van der Waals surface area contributed by atoms with Gasteiger partial charge in [-0.3, -0.25) is 4.68 Å². The fraction of sp³-hybridized carbons (Fsp3) is 0.769. The first-order chi connectivity index (χ1) is 7.30. The molecule has 1 heterocycles. The van der Waals surface area contributed by atoms with Crippen LogP contribution in [0, 0.1) is 5.41 Å². The molecular formula is C13H25N3. The van der Waals surface area contributed by atoms with E-state index < -0.39 is 0 Å². The van der Waals surface area contributed by atoms with Gasteiger partial charge in [-0.25, -0.2) is 0 Å². The Morgan fingerprint density at radius 1 is 1.38 bits per heavy atom. The molecule has 0 aliphatic carbocycles. The molecule has 1 unspecified atom stereocenters. The van der Waals surface area contributed by atoms with Gasteiger partial charge < -0.3 is 5.73 Å². The predicted octanol–water partition coefficient (Wildman–Crippen LogP) is 2.77. The van der Waals surface area contributed by atoms with Crippen LogP contribution in [-0.4, -0.2) is 15.8 Å². The van der Waals surface area contributed by atoms with Gasteiger partial charge in [0.15, 0.2) is 0 Å². The predicted molar refractivity (Wildman–Crippen MR) is 68.4 cm³/mol. The van der Waals surface area contributed by atoms with Crippen molar-refractivity contribution in [3.63, 3.8) is 0 Å². The number of nitrogens with zero attached hydrogens (tertiary/aromatic N) is 2. The van der Waals surface area contributed by atoms with Crippen molar-refractivity contribution in [1.29, 1.82) is 0 Å². The monoisotopic (exact) mass is 223 g/mol.